The number of hydrogen-bond acceptors (Lipinski definition) is 2. The number of rotatable bonds is 0. The number of urea groups is 1. The van der Waals surface area contributed by atoms with Gasteiger partial charge in [-0.1, -0.05) is 12.1 Å². The summed E-state index contributed by atoms with van der Waals surface area (Å²) in [4.78, 5) is 12.8. The maximum absolute atomic E-state index is 11.3. The normalized spacial score (nSPS) is 15.5. The van der Waals surface area contributed by atoms with Crippen LogP contribution in [0.25, 0.3) is 0 Å². The van der Waals surface area contributed by atoms with Crippen LogP contribution in [0.3, 0.4) is 0 Å². The third-order valence-electron chi connectivity index (χ3n) is 1.98. The van der Waals surface area contributed by atoms with Gasteiger partial charge in [0.15, 0.2) is 6.73 Å². The maximum Gasteiger partial charge on any atom is 0.324 e. The highest BCUT2D eigenvalue weighted by Gasteiger charge is 2.17. The lowest BCUT2D eigenvalue weighted by Gasteiger charge is -2.14. The van der Waals surface area contributed by atoms with E-state index in [2.05, 4.69) is 5.32 Å². The molecule has 1 aromatic rings. The van der Waals surface area contributed by atoms with Gasteiger partial charge in [0.1, 0.15) is 5.75 Å². The van der Waals surface area contributed by atoms with E-state index >= 15 is 0 Å². The third-order valence-corrected chi connectivity index (χ3v) is 1.98. The van der Waals surface area contributed by atoms with Crippen molar-refractivity contribution < 1.29 is 9.53 Å². The molecule has 0 aliphatic carbocycles. The molecule has 2 rings (SSSR count). The fourth-order valence-corrected chi connectivity index (χ4v) is 1.26. The van der Waals surface area contributed by atoms with Gasteiger partial charge in [-0.25, -0.2) is 4.79 Å². The lowest BCUT2D eigenvalue weighted by Crippen LogP contribution is -2.36. The molecule has 2 amide bonds. The van der Waals surface area contributed by atoms with E-state index in [1.807, 2.05) is 24.3 Å². The second-order valence-corrected chi connectivity index (χ2v) is 2.80. The van der Waals surface area contributed by atoms with E-state index in [1.54, 1.807) is 7.05 Å². The second-order valence-electron chi connectivity index (χ2n) is 2.80. The molecule has 1 heterocycles. The number of benzene rings is 1. The van der Waals surface area contributed by atoms with E-state index in [0.29, 0.717) is 0 Å². The van der Waals surface area contributed by atoms with Gasteiger partial charge in [-0.2, -0.15) is 0 Å². The van der Waals surface area contributed by atoms with Gasteiger partial charge in [0.05, 0.1) is 5.69 Å². The molecular formula is C9H10N2O2. The first-order valence-corrected chi connectivity index (χ1v) is 4.02. The van der Waals surface area contributed by atoms with E-state index in [-0.39, 0.29) is 12.8 Å². The lowest BCUT2D eigenvalue weighted by atomic mass is 10.3. The highest BCUT2D eigenvalue weighted by atomic mass is 16.5. The van der Waals surface area contributed by atoms with E-state index < -0.39 is 0 Å². The first-order chi connectivity index (χ1) is 6.29. The number of fused-ring (bicyclic) bond motifs is 1. The monoisotopic (exact) mass is 178 g/mol. The van der Waals surface area contributed by atoms with Crippen molar-refractivity contribution in [2.24, 2.45) is 0 Å². The van der Waals surface area contributed by atoms with Crippen LogP contribution in [0.15, 0.2) is 24.3 Å². The molecule has 13 heavy (non-hydrogen) atoms. The van der Waals surface area contributed by atoms with E-state index in [0.717, 1.165) is 11.4 Å². The number of nitrogens with one attached hydrogen (secondary N) is 1. The van der Waals surface area contributed by atoms with Crippen molar-refractivity contribution in [1.29, 1.82) is 0 Å². The molecule has 1 aliphatic heterocycles. The van der Waals surface area contributed by atoms with Gasteiger partial charge < -0.3 is 10.1 Å². The summed E-state index contributed by atoms with van der Waals surface area (Å²) in [5.41, 5.74) is 0.789. The molecule has 1 aliphatic rings. The number of para-hydroxylation sites is 2. The standard InChI is InChI=1S/C9H10N2O2/c1-11-7-4-2-3-5-8(7)13-6-10-9(11)12/h2-5H,6H2,1H3,(H,10,12). The van der Waals surface area contributed by atoms with Crippen molar-refractivity contribution in [3.8, 4) is 5.75 Å². The van der Waals surface area contributed by atoms with Gasteiger partial charge >= 0.3 is 6.03 Å². The van der Waals surface area contributed by atoms with Gasteiger partial charge in [-0.15, -0.1) is 0 Å². The zero-order valence-electron chi connectivity index (χ0n) is 7.28. The molecule has 0 saturated carbocycles. The Hall–Kier alpha value is -1.71. The number of carbonyl (C=O) groups is 1. The van der Waals surface area contributed by atoms with Crippen LogP contribution in [0.4, 0.5) is 10.5 Å². The molecule has 0 aromatic heterocycles. The number of carbonyl (C=O) groups excluding carboxylic acids is 1. The van der Waals surface area contributed by atoms with Crippen molar-refractivity contribution >= 4 is 11.7 Å². The SMILES string of the molecule is CN1C(=O)NCOc2ccccc21. The van der Waals surface area contributed by atoms with Gasteiger partial charge in [-0.3, -0.25) is 4.90 Å². The summed E-state index contributed by atoms with van der Waals surface area (Å²) in [5, 5.41) is 2.61. The van der Waals surface area contributed by atoms with Gasteiger partial charge in [-0.05, 0) is 12.1 Å². The Morgan fingerprint density at radius 2 is 2.23 bits per heavy atom. The fourth-order valence-electron chi connectivity index (χ4n) is 1.26. The molecular weight excluding hydrogens is 168 g/mol. The lowest BCUT2D eigenvalue weighted by molar-refractivity contribution is 0.235. The minimum Gasteiger partial charge on any atom is -0.471 e. The molecule has 4 heteroatoms. The number of ether oxygens (including phenoxy) is 1. The third kappa shape index (κ3) is 1.30. The smallest absolute Gasteiger partial charge is 0.324 e. The molecule has 0 atom stereocenters. The Morgan fingerprint density at radius 1 is 1.46 bits per heavy atom. The van der Waals surface area contributed by atoms with Crippen molar-refractivity contribution in [1.82, 2.24) is 5.32 Å². The molecule has 68 valence electrons. The van der Waals surface area contributed by atoms with Gasteiger partial charge in [0.2, 0.25) is 0 Å². The van der Waals surface area contributed by atoms with E-state index in [9.17, 15) is 4.79 Å². The minimum absolute atomic E-state index is 0.148. The number of amides is 2. The second kappa shape index (κ2) is 2.97. The molecule has 4 nitrogen and oxygen atoms in total. The van der Waals surface area contributed by atoms with Crippen LogP contribution < -0.4 is 15.0 Å². The Balaban J connectivity index is 2.46. The van der Waals surface area contributed by atoms with Gasteiger partial charge in [0, 0.05) is 7.05 Å². The summed E-state index contributed by atoms with van der Waals surface area (Å²) in [5.74, 6) is 0.725. The van der Waals surface area contributed by atoms with Crippen LogP contribution in [0.1, 0.15) is 0 Å². The van der Waals surface area contributed by atoms with E-state index in [1.165, 1.54) is 4.90 Å². The first-order valence-electron chi connectivity index (χ1n) is 4.02. The zero-order valence-corrected chi connectivity index (χ0v) is 7.28. The largest absolute Gasteiger partial charge is 0.471 e. The van der Waals surface area contributed by atoms with Crippen LogP contribution in [0, 0.1) is 0 Å². The van der Waals surface area contributed by atoms with E-state index in [4.69, 9.17) is 4.74 Å². The topological polar surface area (TPSA) is 41.6 Å². The zero-order chi connectivity index (χ0) is 9.26. The highest BCUT2D eigenvalue weighted by molar-refractivity contribution is 5.93. The Bertz CT molecular complexity index is 338. The highest BCUT2D eigenvalue weighted by Crippen LogP contribution is 2.27. The minimum atomic E-state index is -0.148. The fraction of sp³-hybridized carbons (Fsp3) is 0.222. The molecule has 0 unspecified atom stereocenters. The number of anilines is 1. The maximum atomic E-state index is 11.3. The molecule has 1 N–H and O–H groups in total. The van der Waals surface area contributed by atoms with Crippen LogP contribution in [0.2, 0.25) is 0 Å². The number of hydrogen-bond donors (Lipinski definition) is 1. The molecule has 0 fully saturated rings. The average molecular weight is 178 g/mol. The predicted molar refractivity (Wildman–Crippen MR) is 48.9 cm³/mol. The van der Waals surface area contributed by atoms with Crippen molar-refractivity contribution in [3.63, 3.8) is 0 Å². The van der Waals surface area contributed by atoms with Crippen molar-refractivity contribution in [2.75, 3.05) is 18.7 Å². The molecule has 0 bridgehead atoms. The number of nitrogens with zero attached hydrogens (tertiary/aromatic N) is 1. The molecule has 0 saturated heterocycles. The summed E-state index contributed by atoms with van der Waals surface area (Å²) >= 11 is 0. The Kier molecular flexibility index (Phi) is 1.81. The molecule has 1 aromatic carbocycles. The van der Waals surface area contributed by atoms with Gasteiger partial charge in [0.25, 0.3) is 0 Å². The predicted octanol–water partition coefficient (Wildman–Crippen LogP) is 1.18. The summed E-state index contributed by atoms with van der Waals surface area (Å²) < 4.78 is 5.32. The average Bonchev–Trinajstić information content (AvgIpc) is 2.29. The Labute approximate surface area is 76.1 Å². The van der Waals surface area contributed by atoms with Crippen LogP contribution in [-0.4, -0.2) is 19.8 Å². The summed E-state index contributed by atoms with van der Waals surface area (Å²) in [6.07, 6.45) is 0. The van der Waals surface area contributed by atoms with Crippen LogP contribution >= 0.6 is 0 Å². The Morgan fingerprint density at radius 3 is 3.08 bits per heavy atom. The summed E-state index contributed by atoms with van der Waals surface area (Å²) in [7, 11) is 1.71. The van der Waals surface area contributed by atoms with Crippen molar-refractivity contribution in [3.05, 3.63) is 24.3 Å². The first kappa shape index (κ1) is 7.91. The van der Waals surface area contributed by atoms with Crippen molar-refractivity contribution in [2.45, 2.75) is 0 Å². The summed E-state index contributed by atoms with van der Waals surface area (Å²) in [6, 6.07) is 7.29. The summed E-state index contributed by atoms with van der Waals surface area (Å²) in [6.45, 7) is 0.222. The molecule has 0 spiro atoms. The molecule has 0 radical (unpaired) electrons. The van der Waals surface area contributed by atoms with Crippen LogP contribution in [-0.2, 0) is 0 Å². The quantitative estimate of drug-likeness (QED) is 0.648. The van der Waals surface area contributed by atoms with Crippen LogP contribution in [0.5, 0.6) is 5.75 Å².